The molecule has 0 aliphatic rings. The monoisotopic (exact) mass is 239 g/mol. The molecule has 0 aliphatic carbocycles. The average Bonchev–Trinajstić information content (AvgIpc) is 2.59. The zero-order valence-electron chi connectivity index (χ0n) is 10.2. The zero-order valence-corrected chi connectivity index (χ0v) is 10.2. The van der Waals surface area contributed by atoms with Gasteiger partial charge in [-0.15, -0.1) is 0 Å². The van der Waals surface area contributed by atoms with Crippen molar-refractivity contribution in [3.63, 3.8) is 0 Å². The van der Waals surface area contributed by atoms with Crippen molar-refractivity contribution in [2.24, 2.45) is 7.05 Å². The lowest BCUT2D eigenvalue weighted by Gasteiger charge is -2.02. The third-order valence-corrected chi connectivity index (χ3v) is 2.36. The number of aryl methyl sites for hydroxylation is 1. The molecule has 0 aromatic carbocycles. The summed E-state index contributed by atoms with van der Waals surface area (Å²) in [5, 5.41) is 15.0. The molecule has 0 fully saturated rings. The van der Waals surface area contributed by atoms with Gasteiger partial charge in [0.05, 0.1) is 6.42 Å². The molecule has 94 valence electrons. The molecule has 6 nitrogen and oxygen atoms in total. The fraction of sp³-hybridized carbons (Fsp3) is 0.545. The van der Waals surface area contributed by atoms with Crippen molar-refractivity contribution in [3.05, 3.63) is 17.5 Å². The number of rotatable bonds is 5. The van der Waals surface area contributed by atoms with Crippen LogP contribution in [0, 0.1) is 0 Å². The summed E-state index contributed by atoms with van der Waals surface area (Å²) < 4.78 is 1.66. The lowest BCUT2D eigenvalue weighted by Crippen LogP contribution is -2.26. The molecule has 0 saturated carbocycles. The molecular weight excluding hydrogens is 222 g/mol. The van der Waals surface area contributed by atoms with E-state index in [2.05, 4.69) is 10.4 Å². The largest absolute Gasteiger partial charge is 0.481 e. The molecule has 0 radical (unpaired) electrons. The maximum atomic E-state index is 11.6. The lowest BCUT2D eigenvalue weighted by molar-refractivity contribution is -0.136. The minimum Gasteiger partial charge on any atom is -0.481 e. The van der Waals surface area contributed by atoms with E-state index in [4.69, 9.17) is 5.11 Å². The second kappa shape index (κ2) is 5.47. The number of carbonyl (C=O) groups is 2. The maximum Gasteiger partial charge on any atom is 0.305 e. The molecule has 2 N–H and O–H groups in total. The topological polar surface area (TPSA) is 84.2 Å². The Kier molecular flexibility index (Phi) is 4.25. The Labute approximate surface area is 99.6 Å². The van der Waals surface area contributed by atoms with Gasteiger partial charge >= 0.3 is 5.97 Å². The maximum absolute atomic E-state index is 11.6. The Balaban J connectivity index is 2.63. The van der Waals surface area contributed by atoms with Crippen molar-refractivity contribution in [3.8, 4) is 0 Å². The van der Waals surface area contributed by atoms with Crippen LogP contribution >= 0.6 is 0 Å². The van der Waals surface area contributed by atoms with Crippen LogP contribution in [0.25, 0.3) is 0 Å². The van der Waals surface area contributed by atoms with Crippen LogP contribution in [0.4, 0.5) is 0 Å². The van der Waals surface area contributed by atoms with Crippen LogP contribution in [0.3, 0.4) is 0 Å². The Morgan fingerprint density at radius 1 is 1.53 bits per heavy atom. The number of aromatic nitrogens is 2. The van der Waals surface area contributed by atoms with Gasteiger partial charge in [-0.2, -0.15) is 5.10 Å². The summed E-state index contributed by atoms with van der Waals surface area (Å²) in [6.45, 7) is 4.15. The van der Waals surface area contributed by atoms with E-state index in [1.54, 1.807) is 17.8 Å². The Morgan fingerprint density at radius 2 is 2.18 bits per heavy atom. The van der Waals surface area contributed by atoms with Gasteiger partial charge in [-0.3, -0.25) is 14.3 Å². The fourth-order valence-electron chi connectivity index (χ4n) is 1.51. The average molecular weight is 239 g/mol. The van der Waals surface area contributed by atoms with Crippen molar-refractivity contribution in [2.45, 2.75) is 26.2 Å². The van der Waals surface area contributed by atoms with Crippen LogP contribution in [-0.2, 0) is 11.8 Å². The van der Waals surface area contributed by atoms with Gasteiger partial charge in [0.25, 0.3) is 5.91 Å². The number of carboxylic acid groups (broad SMARTS) is 1. The lowest BCUT2D eigenvalue weighted by atomic mass is 10.1. The van der Waals surface area contributed by atoms with Crippen molar-refractivity contribution >= 4 is 11.9 Å². The van der Waals surface area contributed by atoms with Gasteiger partial charge in [0.2, 0.25) is 0 Å². The number of aliphatic carboxylic acids is 1. The van der Waals surface area contributed by atoms with Crippen LogP contribution in [-0.4, -0.2) is 33.3 Å². The quantitative estimate of drug-likeness (QED) is 0.794. The highest BCUT2D eigenvalue weighted by atomic mass is 16.4. The van der Waals surface area contributed by atoms with Gasteiger partial charge in [-0.25, -0.2) is 0 Å². The molecule has 0 atom stereocenters. The van der Waals surface area contributed by atoms with Gasteiger partial charge in [-0.05, 0) is 12.0 Å². The fourth-order valence-corrected chi connectivity index (χ4v) is 1.51. The molecule has 1 aromatic heterocycles. The molecule has 0 spiro atoms. The molecule has 0 aliphatic heterocycles. The summed E-state index contributed by atoms with van der Waals surface area (Å²) in [4.78, 5) is 21.9. The highest BCUT2D eigenvalue weighted by Crippen LogP contribution is 2.14. The van der Waals surface area contributed by atoms with E-state index in [-0.39, 0.29) is 24.8 Å². The number of nitrogens with zero attached hydrogens (tertiary/aromatic N) is 2. The predicted molar refractivity (Wildman–Crippen MR) is 61.9 cm³/mol. The van der Waals surface area contributed by atoms with E-state index in [1.807, 2.05) is 13.8 Å². The first-order valence-electron chi connectivity index (χ1n) is 5.45. The van der Waals surface area contributed by atoms with Crippen LogP contribution in [0.1, 0.15) is 42.4 Å². The van der Waals surface area contributed by atoms with E-state index in [0.717, 1.165) is 5.69 Å². The summed E-state index contributed by atoms with van der Waals surface area (Å²) in [6, 6.07) is 1.72. The number of carboxylic acids is 1. The molecule has 0 bridgehead atoms. The predicted octanol–water partition coefficient (Wildman–Crippen LogP) is 0.748. The number of carbonyl (C=O) groups excluding carboxylic acids is 1. The summed E-state index contributed by atoms with van der Waals surface area (Å²) in [7, 11) is 1.78. The van der Waals surface area contributed by atoms with Crippen molar-refractivity contribution in [1.82, 2.24) is 15.1 Å². The smallest absolute Gasteiger partial charge is 0.305 e. The number of amides is 1. The normalized spacial score (nSPS) is 10.6. The third-order valence-electron chi connectivity index (χ3n) is 2.36. The number of hydrogen-bond acceptors (Lipinski definition) is 3. The van der Waals surface area contributed by atoms with E-state index in [1.165, 1.54) is 0 Å². The first kappa shape index (κ1) is 13.2. The van der Waals surface area contributed by atoms with E-state index >= 15 is 0 Å². The van der Waals surface area contributed by atoms with Gasteiger partial charge in [0, 0.05) is 19.3 Å². The molecule has 1 aromatic rings. The van der Waals surface area contributed by atoms with Crippen LogP contribution in [0.15, 0.2) is 6.07 Å². The van der Waals surface area contributed by atoms with Crippen LogP contribution in [0.5, 0.6) is 0 Å². The summed E-state index contributed by atoms with van der Waals surface area (Å²) >= 11 is 0. The van der Waals surface area contributed by atoms with Crippen molar-refractivity contribution < 1.29 is 14.7 Å². The minimum absolute atomic E-state index is 0.0877. The second-order valence-electron chi connectivity index (χ2n) is 4.13. The minimum atomic E-state index is -0.936. The van der Waals surface area contributed by atoms with Crippen molar-refractivity contribution in [2.75, 3.05) is 6.54 Å². The molecule has 1 amide bonds. The van der Waals surface area contributed by atoms with Crippen LogP contribution in [0.2, 0.25) is 0 Å². The summed E-state index contributed by atoms with van der Waals surface area (Å²) in [6.07, 6.45) is -0.0877. The van der Waals surface area contributed by atoms with Gasteiger partial charge < -0.3 is 10.4 Å². The molecule has 17 heavy (non-hydrogen) atoms. The van der Waals surface area contributed by atoms with Gasteiger partial charge in [-0.1, -0.05) is 13.8 Å². The van der Waals surface area contributed by atoms with E-state index in [0.29, 0.717) is 5.69 Å². The van der Waals surface area contributed by atoms with Gasteiger partial charge in [0.1, 0.15) is 5.69 Å². The summed E-state index contributed by atoms with van der Waals surface area (Å²) in [5.41, 5.74) is 1.29. The molecule has 1 rings (SSSR count). The molecule has 1 heterocycles. The van der Waals surface area contributed by atoms with Crippen LogP contribution < -0.4 is 5.32 Å². The Bertz CT molecular complexity index is 424. The Morgan fingerprint density at radius 3 is 2.65 bits per heavy atom. The highest BCUT2D eigenvalue weighted by molar-refractivity contribution is 5.92. The number of hydrogen-bond donors (Lipinski definition) is 2. The van der Waals surface area contributed by atoms with E-state index in [9.17, 15) is 9.59 Å². The van der Waals surface area contributed by atoms with Crippen molar-refractivity contribution in [1.29, 1.82) is 0 Å². The number of nitrogens with one attached hydrogen (secondary N) is 1. The first-order valence-corrected chi connectivity index (χ1v) is 5.45. The second-order valence-corrected chi connectivity index (χ2v) is 4.13. The Hall–Kier alpha value is -1.85. The SMILES string of the molecule is CC(C)c1cc(C(=O)NCCC(=O)O)nn1C. The molecule has 6 heteroatoms. The first-order chi connectivity index (χ1) is 7.91. The van der Waals surface area contributed by atoms with E-state index < -0.39 is 5.97 Å². The summed E-state index contributed by atoms with van der Waals surface area (Å²) in [5.74, 6) is -0.990. The molecule has 0 saturated heterocycles. The van der Waals surface area contributed by atoms with Gasteiger partial charge in [0.15, 0.2) is 0 Å². The molecule has 0 unspecified atom stereocenters. The standard InChI is InChI=1S/C11H17N3O3/c1-7(2)9-6-8(13-14(9)3)11(17)12-5-4-10(15)16/h6-7H,4-5H2,1-3H3,(H,12,17)(H,15,16). The zero-order chi connectivity index (χ0) is 13.0. The highest BCUT2D eigenvalue weighted by Gasteiger charge is 2.14. The molecular formula is C11H17N3O3. The third kappa shape index (κ3) is 3.58.